The van der Waals surface area contributed by atoms with Crippen LogP contribution in [0.4, 0.5) is 0 Å². The van der Waals surface area contributed by atoms with Crippen molar-refractivity contribution in [2.45, 2.75) is 0 Å². The maximum absolute atomic E-state index is 9.41. The molecule has 0 fully saturated rings. The van der Waals surface area contributed by atoms with E-state index < -0.39 is 7.12 Å². The Kier molecular flexibility index (Phi) is 3.17. The molecule has 16 heavy (non-hydrogen) atoms. The van der Waals surface area contributed by atoms with Gasteiger partial charge in [-0.25, -0.2) is 0 Å². The largest absolute Gasteiger partial charge is 0.870 e. The van der Waals surface area contributed by atoms with Crippen molar-refractivity contribution in [3.05, 3.63) is 54.6 Å². The molecule has 2 nitrogen and oxygen atoms in total. The molecule has 0 bridgehead atoms. The molecule has 0 aliphatic carbocycles. The van der Waals surface area contributed by atoms with Gasteiger partial charge in [0.05, 0.1) is 5.46 Å². The first-order valence-corrected chi connectivity index (χ1v) is 5.05. The zero-order chi connectivity index (χ0) is 11.4. The molecule has 0 aromatic heterocycles. The van der Waals surface area contributed by atoms with Gasteiger partial charge in [0.25, 0.3) is 0 Å². The van der Waals surface area contributed by atoms with E-state index in [2.05, 4.69) is 11.1 Å². The molecule has 0 unspecified atom stereocenters. The smallest absolute Gasteiger partial charge is 0.360 e. The summed E-state index contributed by atoms with van der Waals surface area (Å²) >= 11 is 0. The number of hydrogen-bond donors (Lipinski definition) is 1. The van der Waals surface area contributed by atoms with Crippen LogP contribution in [0.2, 0.25) is 0 Å². The topological polar surface area (TPSA) is 31.5 Å². The van der Waals surface area contributed by atoms with Crippen LogP contribution in [-0.4, -0.2) is 18.9 Å². The van der Waals surface area contributed by atoms with E-state index in [1.165, 1.54) is 0 Å². The summed E-state index contributed by atoms with van der Waals surface area (Å²) in [5.74, 6) is 0. The molecule has 0 aliphatic rings. The number of carbonyl (C=O) groups excluding carboxylic acids is 1. The van der Waals surface area contributed by atoms with Crippen molar-refractivity contribution in [1.29, 1.82) is 0 Å². The number of rotatable bonds is 3. The lowest BCUT2D eigenvalue weighted by atomic mass is 9.79. The van der Waals surface area contributed by atoms with Crippen LogP contribution in [0.5, 0.6) is 0 Å². The molecule has 0 saturated carbocycles. The molecule has 2 aromatic carbocycles. The maximum atomic E-state index is 9.41. The minimum absolute atomic E-state index is 0.703. The molecule has 0 spiro atoms. The van der Waals surface area contributed by atoms with Gasteiger partial charge < -0.3 is 9.37 Å². The van der Waals surface area contributed by atoms with Crippen molar-refractivity contribution in [2.24, 2.45) is 0 Å². The molecular weight excluding hydrogens is 199 g/mol. The van der Waals surface area contributed by atoms with Gasteiger partial charge >= 0.3 is 7.12 Å². The van der Waals surface area contributed by atoms with Crippen molar-refractivity contribution in [3.63, 3.8) is 0 Å². The fourth-order valence-electron chi connectivity index (χ4n) is 1.57. The second-order valence-corrected chi connectivity index (χ2v) is 3.51. The Morgan fingerprint density at radius 2 is 1.44 bits per heavy atom. The van der Waals surface area contributed by atoms with E-state index in [1.807, 2.05) is 54.6 Å². The zero-order valence-corrected chi connectivity index (χ0v) is 8.84. The predicted molar refractivity (Wildman–Crippen MR) is 66.6 cm³/mol. The van der Waals surface area contributed by atoms with Gasteiger partial charge in [-0.15, -0.1) is 0 Å². The molecule has 1 N–H and O–H groups in total. The van der Waals surface area contributed by atoms with E-state index >= 15 is 0 Å². The first-order valence-electron chi connectivity index (χ1n) is 5.05. The van der Waals surface area contributed by atoms with E-state index in [1.54, 1.807) is 0 Å². The lowest BCUT2D eigenvalue weighted by molar-refractivity contribution is -0.298. The van der Waals surface area contributed by atoms with E-state index in [0.717, 1.165) is 11.1 Å². The highest BCUT2D eigenvalue weighted by Crippen LogP contribution is 2.16. The molecule has 0 saturated heterocycles. The highest BCUT2D eigenvalue weighted by Gasteiger charge is 2.31. The van der Waals surface area contributed by atoms with Crippen molar-refractivity contribution >= 4 is 19.4 Å². The van der Waals surface area contributed by atoms with Crippen LogP contribution < -0.4 is 5.46 Å². The summed E-state index contributed by atoms with van der Waals surface area (Å²) in [7, 11) is -0.954. The molecule has 2 aromatic rings. The van der Waals surface area contributed by atoms with Crippen molar-refractivity contribution in [3.8, 4) is 11.1 Å². The van der Waals surface area contributed by atoms with Crippen LogP contribution in [0, 0.1) is 0 Å². The second-order valence-electron chi connectivity index (χ2n) is 3.51. The minimum atomic E-state index is -0.954. The molecule has 0 atom stereocenters. The summed E-state index contributed by atoms with van der Waals surface area (Å²) < 4.78 is 4.59. The first-order chi connectivity index (χ1) is 7.81. The normalized spacial score (nSPS) is 9.81. The fraction of sp³-hybridized carbons (Fsp3) is 0. The average Bonchev–Trinajstić information content (AvgIpc) is 2.39. The third-order valence-corrected chi connectivity index (χ3v) is 2.46. The molecule has 0 aliphatic heterocycles. The molecule has 0 radical (unpaired) electrons. The van der Waals surface area contributed by atoms with Gasteiger partial charge in [-0.2, -0.15) is 0 Å². The Labute approximate surface area is 95.0 Å². The Balaban J connectivity index is 2.30. The number of benzene rings is 2. The minimum Gasteiger partial charge on any atom is -0.360 e. The van der Waals surface area contributed by atoms with Crippen molar-refractivity contribution in [1.82, 2.24) is 0 Å². The van der Waals surface area contributed by atoms with Gasteiger partial charge in [-0.1, -0.05) is 54.6 Å². The third kappa shape index (κ3) is 2.20. The van der Waals surface area contributed by atoms with Gasteiger partial charge in [0.1, 0.15) is 0 Å². The van der Waals surface area contributed by atoms with Gasteiger partial charge in [-0.3, -0.25) is 0 Å². The fourth-order valence-corrected chi connectivity index (χ4v) is 1.57. The Morgan fingerprint density at radius 1 is 0.875 bits per heavy atom. The van der Waals surface area contributed by atoms with Crippen LogP contribution >= 0.6 is 0 Å². The van der Waals surface area contributed by atoms with E-state index in [9.17, 15) is 5.02 Å². The second kappa shape index (κ2) is 4.77. The number of hydrogen-bond acceptors (Lipinski definition) is 1. The van der Waals surface area contributed by atoms with Crippen LogP contribution in [0.25, 0.3) is 11.1 Å². The molecule has 0 amide bonds. The highest BCUT2D eigenvalue weighted by molar-refractivity contribution is 6.57. The van der Waals surface area contributed by atoms with E-state index in [0.29, 0.717) is 5.46 Å². The van der Waals surface area contributed by atoms with Crippen molar-refractivity contribution < 1.29 is 9.37 Å². The van der Waals surface area contributed by atoms with Crippen LogP contribution in [0.3, 0.4) is 0 Å². The monoisotopic (exact) mass is 211 g/mol. The summed E-state index contributed by atoms with van der Waals surface area (Å²) in [4.78, 5) is 0. The zero-order valence-electron chi connectivity index (χ0n) is 8.84. The van der Waals surface area contributed by atoms with Crippen LogP contribution in [0.15, 0.2) is 54.6 Å². The standard InChI is InChI=1S/C13H12BO2/c1-16-14(15)13-9-7-12(8-10-13)11-5-3-2-4-6-11/h2-10,15H,1H2/q+1. The van der Waals surface area contributed by atoms with Gasteiger partial charge in [-0.05, 0) is 11.1 Å². The predicted octanol–water partition coefficient (Wildman–Crippen LogP) is 1.41. The Bertz CT molecular complexity index is 465. The van der Waals surface area contributed by atoms with Gasteiger partial charge in [0, 0.05) is 0 Å². The first kappa shape index (κ1) is 10.6. The Morgan fingerprint density at radius 3 is 2.00 bits per heavy atom. The quantitative estimate of drug-likeness (QED) is 0.603. The summed E-state index contributed by atoms with van der Waals surface area (Å²) in [6, 6.07) is 17.6. The van der Waals surface area contributed by atoms with Gasteiger partial charge in [0.2, 0.25) is 6.79 Å². The molecule has 3 heteroatoms. The lowest BCUT2D eigenvalue weighted by Gasteiger charge is -2.00. The summed E-state index contributed by atoms with van der Waals surface area (Å²) in [5.41, 5.74) is 2.97. The van der Waals surface area contributed by atoms with Crippen LogP contribution in [0.1, 0.15) is 0 Å². The maximum Gasteiger partial charge on any atom is 0.870 e. The summed E-state index contributed by atoms with van der Waals surface area (Å²) in [5, 5.41) is 9.41. The molecule has 2 rings (SSSR count). The molecule has 78 valence electrons. The molecular formula is C13H12BO2+. The SMILES string of the molecule is C=[O+]B(O)c1ccc(-c2ccccc2)cc1. The van der Waals surface area contributed by atoms with Gasteiger partial charge in [0.15, 0.2) is 0 Å². The Hall–Kier alpha value is -1.87. The van der Waals surface area contributed by atoms with E-state index in [4.69, 9.17) is 0 Å². The van der Waals surface area contributed by atoms with Crippen molar-refractivity contribution in [2.75, 3.05) is 0 Å². The summed E-state index contributed by atoms with van der Waals surface area (Å²) in [6.45, 7) is 3.19. The summed E-state index contributed by atoms with van der Waals surface area (Å²) in [6.07, 6.45) is 0. The highest BCUT2D eigenvalue weighted by atomic mass is 16.4. The average molecular weight is 211 g/mol. The van der Waals surface area contributed by atoms with Crippen LogP contribution in [-0.2, 0) is 4.34 Å². The van der Waals surface area contributed by atoms with E-state index in [-0.39, 0.29) is 0 Å². The third-order valence-electron chi connectivity index (χ3n) is 2.46. The molecule has 0 heterocycles. The lowest BCUT2D eigenvalue weighted by Crippen LogP contribution is -2.30.